The van der Waals surface area contributed by atoms with Crippen LogP contribution >= 0.6 is 15.9 Å². The van der Waals surface area contributed by atoms with Crippen LogP contribution in [0.4, 0.5) is 0 Å². The summed E-state index contributed by atoms with van der Waals surface area (Å²) in [4.78, 5) is 14.3. The van der Waals surface area contributed by atoms with Gasteiger partial charge in [0.15, 0.2) is 0 Å². The molecule has 1 aromatic rings. The van der Waals surface area contributed by atoms with Crippen LogP contribution in [0.2, 0.25) is 0 Å². The van der Waals surface area contributed by atoms with E-state index in [1.54, 1.807) is 18.1 Å². The van der Waals surface area contributed by atoms with E-state index in [0.717, 1.165) is 11.0 Å². The van der Waals surface area contributed by atoms with Gasteiger partial charge in [-0.05, 0) is 52.9 Å². The van der Waals surface area contributed by atoms with E-state index in [0.29, 0.717) is 23.8 Å². The number of nitrogens with zero attached hydrogens (tertiary/aromatic N) is 1. The van der Waals surface area contributed by atoms with Crippen molar-refractivity contribution >= 4 is 21.8 Å². The zero-order valence-corrected chi connectivity index (χ0v) is 12.4. The van der Waals surface area contributed by atoms with Crippen LogP contribution in [0, 0.1) is 18.3 Å². The van der Waals surface area contributed by atoms with Crippen LogP contribution in [-0.4, -0.2) is 31.0 Å². The van der Waals surface area contributed by atoms with E-state index >= 15 is 0 Å². The molecule has 2 rings (SSSR count). The van der Waals surface area contributed by atoms with Crippen molar-refractivity contribution in [2.24, 2.45) is 5.92 Å². The molecule has 0 spiro atoms. The summed E-state index contributed by atoms with van der Waals surface area (Å²) in [7, 11) is 1.58. The van der Waals surface area contributed by atoms with Crippen molar-refractivity contribution < 1.29 is 9.53 Å². The molecule has 0 unspecified atom stereocenters. The third-order valence-corrected chi connectivity index (χ3v) is 3.84. The third-order valence-electron chi connectivity index (χ3n) is 3.15. The number of methoxy groups -OCH3 is 1. The molecule has 19 heavy (non-hydrogen) atoms. The molecule has 4 heteroatoms. The minimum Gasteiger partial charge on any atom is -0.497 e. The predicted molar refractivity (Wildman–Crippen MR) is 78.2 cm³/mol. The summed E-state index contributed by atoms with van der Waals surface area (Å²) in [5, 5.41) is 0. The lowest BCUT2D eigenvalue weighted by atomic mass is 10.1. The largest absolute Gasteiger partial charge is 0.497 e. The maximum absolute atomic E-state index is 12.5. The summed E-state index contributed by atoms with van der Waals surface area (Å²) in [5.41, 5.74) is 0.593. The van der Waals surface area contributed by atoms with Crippen LogP contribution in [0.1, 0.15) is 23.2 Å². The monoisotopic (exact) mass is 321 g/mol. The Hall–Kier alpha value is -1.47. The lowest BCUT2D eigenvalue weighted by Crippen LogP contribution is -2.33. The Bertz CT molecular complexity index is 517. The number of amides is 1. The summed E-state index contributed by atoms with van der Waals surface area (Å²) in [6.45, 7) is 1.09. The molecule has 0 atom stereocenters. The predicted octanol–water partition coefficient (Wildman–Crippen LogP) is 2.94. The Morgan fingerprint density at radius 1 is 1.58 bits per heavy atom. The van der Waals surface area contributed by atoms with Gasteiger partial charge in [-0.15, -0.1) is 6.42 Å². The zero-order chi connectivity index (χ0) is 13.8. The molecule has 0 bridgehead atoms. The van der Waals surface area contributed by atoms with Crippen molar-refractivity contribution in [3.63, 3.8) is 0 Å². The van der Waals surface area contributed by atoms with Crippen molar-refractivity contribution in [3.05, 3.63) is 28.2 Å². The van der Waals surface area contributed by atoms with Crippen molar-refractivity contribution in [2.75, 3.05) is 20.2 Å². The number of ether oxygens (including phenoxy) is 1. The van der Waals surface area contributed by atoms with E-state index in [4.69, 9.17) is 11.2 Å². The van der Waals surface area contributed by atoms with E-state index in [9.17, 15) is 4.79 Å². The molecule has 0 aromatic heterocycles. The lowest BCUT2D eigenvalue weighted by molar-refractivity contribution is 0.0768. The Labute approximate surface area is 122 Å². The number of benzene rings is 1. The normalized spacial score (nSPS) is 13.7. The number of terminal acetylenes is 1. The molecule has 3 nitrogen and oxygen atoms in total. The van der Waals surface area contributed by atoms with Crippen LogP contribution in [0.3, 0.4) is 0 Å². The van der Waals surface area contributed by atoms with Crippen LogP contribution in [0.5, 0.6) is 5.75 Å². The van der Waals surface area contributed by atoms with Gasteiger partial charge < -0.3 is 9.64 Å². The Balaban J connectivity index is 2.22. The number of carbonyl (C=O) groups excluding carboxylic acids is 1. The van der Waals surface area contributed by atoms with Crippen molar-refractivity contribution in [1.82, 2.24) is 4.90 Å². The SMILES string of the molecule is C#CCN(CC1CC1)C(=O)c1cc(OC)ccc1Br. The number of rotatable bonds is 5. The molecule has 1 amide bonds. The average Bonchev–Trinajstić information content (AvgIpc) is 3.22. The van der Waals surface area contributed by atoms with Gasteiger partial charge in [-0.2, -0.15) is 0 Å². The van der Waals surface area contributed by atoms with Gasteiger partial charge in [0.2, 0.25) is 0 Å². The molecule has 0 N–H and O–H groups in total. The maximum Gasteiger partial charge on any atom is 0.255 e. The smallest absolute Gasteiger partial charge is 0.255 e. The molecule has 1 saturated carbocycles. The first kappa shape index (κ1) is 14.0. The van der Waals surface area contributed by atoms with E-state index in [-0.39, 0.29) is 5.91 Å². The van der Waals surface area contributed by atoms with E-state index in [1.807, 2.05) is 12.1 Å². The molecular weight excluding hydrogens is 306 g/mol. The Kier molecular flexibility index (Phi) is 4.49. The van der Waals surface area contributed by atoms with Crippen molar-refractivity contribution in [2.45, 2.75) is 12.8 Å². The Morgan fingerprint density at radius 3 is 2.89 bits per heavy atom. The standard InChI is InChI=1S/C15H16BrNO2/c1-3-8-17(10-11-4-5-11)15(18)13-9-12(19-2)6-7-14(13)16/h1,6-7,9,11H,4-5,8,10H2,2H3. The first-order valence-electron chi connectivity index (χ1n) is 6.22. The van der Waals surface area contributed by atoms with E-state index in [2.05, 4.69) is 21.9 Å². The van der Waals surface area contributed by atoms with Gasteiger partial charge >= 0.3 is 0 Å². The second kappa shape index (κ2) is 6.12. The van der Waals surface area contributed by atoms with Crippen LogP contribution in [0.15, 0.2) is 22.7 Å². The molecule has 0 heterocycles. The van der Waals surface area contributed by atoms with Gasteiger partial charge in [0.1, 0.15) is 5.75 Å². The van der Waals surface area contributed by atoms with Crippen LogP contribution in [-0.2, 0) is 0 Å². The minimum atomic E-state index is -0.0457. The number of carbonyl (C=O) groups is 1. The fourth-order valence-corrected chi connectivity index (χ4v) is 2.32. The molecule has 1 fully saturated rings. The van der Waals surface area contributed by atoms with Gasteiger partial charge in [0.05, 0.1) is 19.2 Å². The molecule has 0 aliphatic heterocycles. The number of halogens is 1. The minimum absolute atomic E-state index is 0.0457. The first-order valence-corrected chi connectivity index (χ1v) is 7.01. The van der Waals surface area contributed by atoms with Gasteiger partial charge in [0, 0.05) is 11.0 Å². The second-order valence-electron chi connectivity index (χ2n) is 4.68. The molecule has 0 saturated heterocycles. The lowest BCUT2D eigenvalue weighted by Gasteiger charge is -2.21. The van der Waals surface area contributed by atoms with Gasteiger partial charge in [-0.25, -0.2) is 0 Å². The highest BCUT2D eigenvalue weighted by molar-refractivity contribution is 9.10. The quantitative estimate of drug-likeness (QED) is 0.780. The highest BCUT2D eigenvalue weighted by atomic mass is 79.9. The molecule has 1 aromatic carbocycles. The highest BCUT2D eigenvalue weighted by Crippen LogP contribution is 2.31. The topological polar surface area (TPSA) is 29.5 Å². The van der Waals surface area contributed by atoms with Gasteiger partial charge in [-0.3, -0.25) is 4.79 Å². The van der Waals surface area contributed by atoms with Crippen LogP contribution in [0.25, 0.3) is 0 Å². The number of hydrogen-bond donors (Lipinski definition) is 0. The van der Waals surface area contributed by atoms with E-state index < -0.39 is 0 Å². The Morgan fingerprint density at radius 2 is 2.32 bits per heavy atom. The second-order valence-corrected chi connectivity index (χ2v) is 5.53. The highest BCUT2D eigenvalue weighted by Gasteiger charge is 2.27. The molecular formula is C15H16BrNO2. The summed E-state index contributed by atoms with van der Waals surface area (Å²) >= 11 is 3.41. The average molecular weight is 322 g/mol. The summed E-state index contributed by atoms with van der Waals surface area (Å²) in [6, 6.07) is 5.37. The molecule has 0 radical (unpaired) electrons. The number of hydrogen-bond acceptors (Lipinski definition) is 2. The summed E-state index contributed by atoms with van der Waals surface area (Å²) < 4.78 is 5.92. The maximum atomic E-state index is 12.5. The summed E-state index contributed by atoms with van der Waals surface area (Å²) in [5.74, 6) is 3.79. The molecule has 1 aliphatic rings. The van der Waals surface area contributed by atoms with Crippen molar-refractivity contribution in [3.8, 4) is 18.1 Å². The molecule has 1 aliphatic carbocycles. The zero-order valence-electron chi connectivity index (χ0n) is 10.9. The van der Waals surface area contributed by atoms with Crippen molar-refractivity contribution in [1.29, 1.82) is 0 Å². The van der Waals surface area contributed by atoms with Gasteiger partial charge in [0.25, 0.3) is 5.91 Å². The fourth-order valence-electron chi connectivity index (χ4n) is 1.91. The van der Waals surface area contributed by atoms with E-state index in [1.165, 1.54) is 12.8 Å². The third kappa shape index (κ3) is 3.51. The van der Waals surface area contributed by atoms with Gasteiger partial charge in [-0.1, -0.05) is 5.92 Å². The fraction of sp³-hybridized carbons (Fsp3) is 0.400. The van der Waals surface area contributed by atoms with Crippen LogP contribution < -0.4 is 4.74 Å². The summed E-state index contributed by atoms with van der Waals surface area (Å²) in [6.07, 6.45) is 7.73. The molecule has 100 valence electrons. The first-order chi connectivity index (χ1) is 9.15.